The highest BCUT2D eigenvalue weighted by Crippen LogP contribution is 2.22. The molecule has 78 valence electrons. The molecule has 0 aliphatic carbocycles. The second kappa shape index (κ2) is 3.91. The fourth-order valence-corrected chi connectivity index (χ4v) is 1.82. The highest BCUT2D eigenvalue weighted by Gasteiger charge is 2.01. The molecule has 0 spiro atoms. The van der Waals surface area contributed by atoms with Crippen molar-refractivity contribution in [2.45, 2.75) is 6.42 Å². The van der Waals surface area contributed by atoms with Crippen molar-refractivity contribution in [2.75, 3.05) is 6.54 Å². The van der Waals surface area contributed by atoms with Crippen LogP contribution in [0.15, 0.2) is 37.0 Å². The van der Waals surface area contributed by atoms with Crippen molar-refractivity contribution in [1.82, 2.24) is 4.57 Å². The maximum Gasteiger partial charge on any atom is 0.0478 e. The number of benzene rings is 1. The Hall–Kier alpha value is -1.54. The van der Waals surface area contributed by atoms with Gasteiger partial charge in [-0.3, -0.25) is 0 Å². The number of aryl methyl sites for hydroxylation is 1. The zero-order valence-corrected chi connectivity index (χ0v) is 9.03. The summed E-state index contributed by atoms with van der Waals surface area (Å²) in [6, 6.07) is 8.54. The summed E-state index contributed by atoms with van der Waals surface area (Å²) in [5.74, 6) is 0. The van der Waals surface area contributed by atoms with E-state index in [1.807, 2.05) is 0 Å². The predicted molar refractivity (Wildman–Crippen MR) is 65.6 cm³/mol. The van der Waals surface area contributed by atoms with Crippen molar-refractivity contribution in [3.05, 3.63) is 42.6 Å². The van der Waals surface area contributed by atoms with E-state index in [1.54, 1.807) is 0 Å². The Morgan fingerprint density at radius 2 is 2.20 bits per heavy atom. The van der Waals surface area contributed by atoms with Crippen molar-refractivity contribution in [1.29, 1.82) is 0 Å². The summed E-state index contributed by atoms with van der Waals surface area (Å²) in [5, 5.41) is 1.26. The molecule has 0 aliphatic rings. The Kier molecular flexibility index (Phi) is 2.60. The lowest BCUT2D eigenvalue weighted by atomic mass is 10.0. The van der Waals surface area contributed by atoms with Crippen LogP contribution in [-0.4, -0.2) is 11.1 Å². The van der Waals surface area contributed by atoms with Gasteiger partial charge in [-0.1, -0.05) is 12.6 Å². The zero-order valence-electron chi connectivity index (χ0n) is 9.03. The van der Waals surface area contributed by atoms with E-state index in [9.17, 15) is 0 Å². The number of hydrogen-bond donors (Lipinski definition) is 1. The standard InChI is InChI=1S/C13H16N2/c1-10(5-7-14)11-3-4-13-12(9-11)6-8-15(13)2/h3-4,6,8-9H,1,5,7,14H2,2H3. The van der Waals surface area contributed by atoms with Crippen molar-refractivity contribution in [3.8, 4) is 0 Å². The smallest absolute Gasteiger partial charge is 0.0478 e. The Morgan fingerprint density at radius 3 is 2.93 bits per heavy atom. The third-order valence-electron chi connectivity index (χ3n) is 2.74. The van der Waals surface area contributed by atoms with Crippen molar-refractivity contribution < 1.29 is 0 Å². The molecule has 0 radical (unpaired) electrons. The van der Waals surface area contributed by atoms with Gasteiger partial charge in [0.25, 0.3) is 0 Å². The molecule has 2 rings (SSSR count). The first kappa shape index (κ1) is 9.99. The van der Waals surface area contributed by atoms with Crippen LogP contribution in [0.25, 0.3) is 16.5 Å². The van der Waals surface area contributed by atoms with Crippen LogP contribution in [0.2, 0.25) is 0 Å². The SMILES string of the molecule is C=C(CCN)c1ccc2c(ccn2C)c1. The van der Waals surface area contributed by atoms with E-state index in [0.29, 0.717) is 6.54 Å². The van der Waals surface area contributed by atoms with Gasteiger partial charge in [-0.15, -0.1) is 0 Å². The summed E-state index contributed by atoms with van der Waals surface area (Å²) in [7, 11) is 2.05. The van der Waals surface area contributed by atoms with Gasteiger partial charge in [-0.2, -0.15) is 0 Å². The average Bonchev–Trinajstić information content (AvgIpc) is 2.60. The van der Waals surface area contributed by atoms with Crippen molar-refractivity contribution in [3.63, 3.8) is 0 Å². The van der Waals surface area contributed by atoms with Crippen molar-refractivity contribution >= 4 is 16.5 Å². The first-order valence-electron chi connectivity index (χ1n) is 5.15. The number of hydrogen-bond acceptors (Lipinski definition) is 1. The molecule has 15 heavy (non-hydrogen) atoms. The third-order valence-corrected chi connectivity index (χ3v) is 2.74. The van der Waals surface area contributed by atoms with Crippen LogP contribution in [0, 0.1) is 0 Å². The first-order chi connectivity index (χ1) is 7.22. The minimum absolute atomic E-state index is 0.658. The molecule has 0 amide bonds. The van der Waals surface area contributed by atoms with Gasteiger partial charge in [0, 0.05) is 24.1 Å². The monoisotopic (exact) mass is 200 g/mol. The van der Waals surface area contributed by atoms with Crippen LogP contribution >= 0.6 is 0 Å². The maximum atomic E-state index is 5.52. The van der Waals surface area contributed by atoms with Gasteiger partial charge >= 0.3 is 0 Å². The molecule has 0 fully saturated rings. The third kappa shape index (κ3) is 1.81. The summed E-state index contributed by atoms with van der Waals surface area (Å²) in [6.45, 7) is 4.70. The number of rotatable bonds is 3. The Bertz CT molecular complexity index is 494. The summed E-state index contributed by atoms with van der Waals surface area (Å²) >= 11 is 0. The Morgan fingerprint density at radius 1 is 1.40 bits per heavy atom. The molecule has 0 saturated carbocycles. The number of nitrogens with two attached hydrogens (primary N) is 1. The molecule has 2 aromatic rings. The van der Waals surface area contributed by atoms with Gasteiger partial charge in [0.05, 0.1) is 0 Å². The zero-order chi connectivity index (χ0) is 10.8. The van der Waals surface area contributed by atoms with Gasteiger partial charge in [0.1, 0.15) is 0 Å². The summed E-state index contributed by atoms with van der Waals surface area (Å²) in [4.78, 5) is 0. The quantitative estimate of drug-likeness (QED) is 0.811. The van der Waals surface area contributed by atoms with E-state index in [-0.39, 0.29) is 0 Å². The van der Waals surface area contributed by atoms with E-state index in [1.165, 1.54) is 16.5 Å². The largest absolute Gasteiger partial charge is 0.351 e. The highest BCUT2D eigenvalue weighted by atomic mass is 14.9. The molecule has 0 unspecified atom stereocenters. The minimum atomic E-state index is 0.658. The molecule has 2 nitrogen and oxygen atoms in total. The number of fused-ring (bicyclic) bond motifs is 1. The van der Waals surface area contributed by atoms with Gasteiger partial charge in [0.2, 0.25) is 0 Å². The molecule has 2 heteroatoms. The molecule has 2 N–H and O–H groups in total. The lowest BCUT2D eigenvalue weighted by molar-refractivity contribution is 0.969. The van der Waals surface area contributed by atoms with Crippen LogP contribution < -0.4 is 5.73 Å². The molecular weight excluding hydrogens is 184 g/mol. The Labute approximate surface area is 90.0 Å². The van der Waals surface area contributed by atoms with Crippen molar-refractivity contribution in [2.24, 2.45) is 12.8 Å². The van der Waals surface area contributed by atoms with E-state index >= 15 is 0 Å². The van der Waals surface area contributed by atoms with Crippen LogP contribution in [0.3, 0.4) is 0 Å². The lowest BCUT2D eigenvalue weighted by Gasteiger charge is -2.05. The fourth-order valence-electron chi connectivity index (χ4n) is 1.82. The predicted octanol–water partition coefficient (Wildman–Crippen LogP) is 2.54. The van der Waals surface area contributed by atoms with E-state index in [4.69, 9.17) is 5.73 Å². The molecular formula is C13H16N2. The molecule has 0 atom stereocenters. The van der Waals surface area contributed by atoms with Crippen LogP contribution in [0.5, 0.6) is 0 Å². The summed E-state index contributed by atoms with van der Waals surface area (Å²) < 4.78 is 2.12. The van der Waals surface area contributed by atoms with Crippen LogP contribution in [0.1, 0.15) is 12.0 Å². The van der Waals surface area contributed by atoms with E-state index < -0.39 is 0 Å². The minimum Gasteiger partial charge on any atom is -0.351 e. The number of nitrogens with zero attached hydrogens (tertiary/aromatic N) is 1. The summed E-state index contributed by atoms with van der Waals surface area (Å²) in [5.41, 5.74) is 9.08. The average molecular weight is 200 g/mol. The van der Waals surface area contributed by atoms with Crippen LogP contribution in [0.4, 0.5) is 0 Å². The molecule has 1 aromatic carbocycles. The van der Waals surface area contributed by atoms with Gasteiger partial charge in [-0.05, 0) is 42.3 Å². The maximum absolute atomic E-state index is 5.52. The molecule has 1 heterocycles. The normalized spacial score (nSPS) is 10.8. The second-order valence-corrected chi connectivity index (χ2v) is 3.84. The van der Waals surface area contributed by atoms with E-state index in [2.05, 4.69) is 48.7 Å². The fraction of sp³-hybridized carbons (Fsp3) is 0.231. The van der Waals surface area contributed by atoms with Crippen LogP contribution in [-0.2, 0) is 7.05 Å². The van der Waals surface area contributed by atoms with Gasteiger partial charge in [-0.25, -0.2) is 0 Å². The Balaban J connectivity index is 2.43. The molecule has 1 aromatic heterocycles. The molecule has 0 aliphatic heterocycles. The second-order valence-electron chi connectivity index (χ2n) is 3.84. The molecule has 0 bridgehead atoms. The van der Waals surface area contributed by atoms with Gasteiger partial charge in [0.15, 0.2) is 0 Å². The topological polar surface area (TPSA) is 30.9 Å². The molecule has 0 saturated heterocycles. The lowest BCUT2D eigenvalue weighted by Crippen LogP contribution is -1.99. The summed E-state index contributed by atoms with van der Waals surface area (Å²) in [6.07, 6.45) is 2.93. The first-order valence-corrected chi connectivity index (χ1v) is 5.15. The highest BCUT2D eigenvalue weighted by molar-refractivity contribution is 5.84. The van der Waals surface area contributed by atoms with E-state index in [0.717, 1.165) is 12.0 Å². The number of aromatic nitrogens is 1. The van der Waals surface area contributed by atoms with Gasteiger partial charge < -0.3 is 10.3 Å².